The number of halogens is 1. The Morgan fingerprint density at radius 1 is 1.07 bits per heavy atom. The highest BCUT2D eigenvalue weighted by Crippen LogP contribution is 2.41. The molecule has 0 aliphatic carbocycles. The standard InChI is InChI=1S/C21H18ClNO4S/c1-12-17(13-7-6-8-14(22)11-13)18(21(25)27-3)20(28-12)23-19(24)15-9-4-5-10-16(15)26-2/h4-11H,1-3H3,(H,23,24). The minimum atomic E-state index is -0.533. The van der Waals surface area contributed by atoms with Gasteiger partial charge in [-0.25, -0.2) is 4.79 Å². The lowest BCUT2D eigenvalue weighted by atomic mass is 10.0. The molecule has 2 aromatic carbocycles. The average molecular weight is 416 g/mol. The van der Waals surface area contributed by atoms with Crippen molar-refractivity contribution in [2.24, 2.45) is 0 Å². The van der Waals surface area contributed by atoms with E-state index in [2.05, 4.69) is 5.32 Å². The summed E-state index contributed by atoms with van der Waals surface area (Å²) < 4.78 is 10.2. The Bertz CT molecular complexity index is 1040. The van der Waals surface area contributed by atoms with Crippen molar-refractivity contribution in [2.75, 3.05) is 19.5 Å². The van der Waals surface area contributed by atoms with E-state index in [4.69, 9.17) is 21.1 Å². The van der Waals surface area contributed by atoms with Crippen molar-refractivity contribution in [1.29, 1.82) is 0 Å². The molecule has 3 rings (SSSR count). The summed E-state index contributed by atoms with van der Waals surface area (Å²) in [6.07, 6.45) is 0. The number of amides is 1. The number of para-hydroxylation sites is 1. The number of aryl methyl sites for hydroxylation is 1. The van der Waals surface area contributed by atoms with Gasteiger partial charge in [0.25, 0.3) is 5.91 Å². The van der Waals surface area contributed by atoms with Crippen LogP contribution in [0, 0.1) is 6.92 Å². The summed E-state index contributed by atoms with van der Waals surface area (Å²) in [6.45, 7) is 1.88. The number of ether oxygens (including phenoxy) is 2. The molecule has 0 unspecified atom stereocenters. The lowest BCUT2D eigenvalue weighted by molar-refractivity contribution is 0.0603. The van der Waals surface area contributed by atoms with Crippen molar-refractivity contribution in [3.63, 3.8) is 0 Å². The maximum atomic E-state index is 12.8. The predicted molar refractivity (Wildman–Crippen MR) is 112 cm³/mol. The molecule has 0 saturated carbocycles. The van der Waals surface area contributed by atoms with Crippen molar-refractivity contribution in [1.82, 2.24) is 0 Å². The van der Waals surface area contributed by atoms with Gasteiger partial charge in [0.2, 0.25) is 0 Å². The second-order valence-electron chi connectivity index (χ2n) is 5.89. The predicted octanol–water partition coefficient (Wildman–Crippen LogP) is 5.42. The van der Waals surface area contributed by atoms with Crippen LogP contribution in [-0.4, -0.2) is 26.1 Å². The molecule has 28 heavy (non-hydrogen) atoms. The number of esters is 1. The number of thiophene rings is 1. The smallest absolute Gasteiger partial charge is 0.341 e. The van der Waals surface area contributed by atoms with E-state index in [1.54, 1.807) is 36.4 Å². The molecule has 0 saturated heterocycles. The number of rotatable bonds is 5. The van der Waals surface area contributed by atoms with Gasteiger partial charge in [-0.2, -0.15) is 0 Å². The lowest BCUT2D eigenvalue weighted by Crippen LogP contribution is -2.15. The van der Waals surface area contributed by atoms with E-state index in [-0.39, 0.29) is 5.91 Å². The van der Waals surface area contributed by atoms with Crippen LogP contribution in [0.5, 0.6) is 5.75 Å². The van der Waals surface area contributed by atoms with Crippen LogP contribution in [0.2, 0.25) is 5.02 Å². The van der Waals surface area contributed by atoms with E-state index in [1.807, 2.05) is 19.1 Å². The maximum absolute atomic E-state index is 12.8. The summed E-state index contributed by atoms with van der Waals surface area (Å²) >= 11 is 7.43. The van der Waals surface area contributed by atoms with E-state index in [0.717, 1.165) is 10.4 Å². The van der Waals surface area contributed by atoms with Gasteiger partial charge < -0.3 is 14.8 Å². The van der Waals surface area contributed by atoms with E-state index >= 15 is 0 Å². The first-order valence-corrected chi connectivity index (χ1v) is 9.57. The maximum Gasteiger partial charge on any atom is 0.341 e. The van der Waals surface area contributed by atoms with Crippen LogP contribution in [0.4, 0.5) is 5.00 Å². The van der Waals surface area contributed by atoms with Crippen LogP contribution in [0.15, 0.2) is 48.5 Å². The zero-order valence-electron chi connectivity index (χ0n) is 15.5. The Kier molecular flexibility index (Phi) is 6.02. The van der Waals surface area contributed by atoms with E-state index in [1.165, 1.54) is 25.6 Å². The molecule has 0 bridgehead atoms. The molecule has 0 radical (unpaired) electrons. The molecule has 1 N–H and O–H groups in total. The normalized spacial score (nSPS) is 10.4. The molecular weight excluding hydrogens is 398 g/mol. The highest BCUT2D eigenvalue weighted by molar-refractivity contribution is 7.17. The molecule has 0 atom stereocenters. The van der Waals surface area contributed by atoms with E-state index in [0.29, 0.717) is 32.5 Å². The number of carbonyl (C=O) groups excluding carboxylic acids is 2. The fraction of sp³-hybridized carbons (Fsp3) is 0.143. The first kappa shape index (κ1) is 19.9. The van der Waals surface area contributed by atoms with Gasteiger partial charge in [0.05, 0.1) is 19.8 Å². The molecule has 144 valence electrons. The van der Waals surface area contributed by atoms with Gasteiger partial charge >= 0.3 is 5.97 Å². The first-order valence-electron chi connectivity index (χ1n) is 8.38. The lowest BCUT2D eigenvalue weighted by Gasteiger charge is -2.10. The molecule has 3 aromatic rings. The Balaban J connectivity index is 2.08. The van der Waals surface area contributed by atoms with Gasteiger partial charge in [0.1, 0.15) is 16.3 Å². The number of anilines is 1. The SMILES string of the molecule is COC(=O)c1c(NC(=O)c2ccccc2OC)sc(C)c1-c1cccc(Cl)c1. The summed E-state index contributed by atoms with van der Waals surface area (Å²) in [7, 11) is 2.81. The fourth-order valence-corrected chi connectivity index (χ4v) is 4.17. The quantitative estimate of drug-likeness (QED) is 0.565. The van der Waals surface area contributed by atoms with Crippen molar-refractivity contribution < 1.29 is 19.1 Å². The Labute approximate surface area is 171 Å². The molecule has 1 aromatic heterocycles. The van der Waals surface area contributed by atoms with Crippen molar-refractivity contribution in [2.45, 2.75) is 6.92 Å². The molecule has 5 nitrogen and oxygen atoms in total. The molecule has 0 aliphatic heterocycles. The zero-order chi connectivity index (χ0) is 20.3. The number of hydrogen-bond acceptors (Lipinski definition) is 5. The zero-order valence-corrected chi connectivity index (χ0v) is 17.1. The number of nitrogens with one attached hydrogen (secondary N) is 1. The monoisotopic (exact) mass is 415 g/mol. The van der Waals surface area contributed by atoms with Gasteiger partial charge in [-0.1, -0.05) is 35.9 Å². The summed E-state index contributed by atoms with van der Waals surface area (Å²) in [6, 6.07) is 14.1. The second kappa shape index (κ2) is 8.46. The minimum Gasteiger partial charge on any atom is -0.496 e. The van der Waals surface area contributed by atoms with Gasteiger partial charge in [-0.15, -0.1) is 11.3 Å². The molecule has 0 spiro atoms. The van der Waals surface area contributed by atoms with Crippen LogP contribution in [-0.2, 0) is 4.74 Å². The fourth-order valence-electron chi connectivity index (χ4n) is 2.92. The highest BCUT2D eigenvalue weighted by Gasteiger charge is 2.26. The van der Waals surface area contributed by atoms with Gasteiger partial charge in [-0.3, -0.25) is 4.79 Å². The Morgan fingerprint density at radius 2 is 1.82 bits per heavy atom. The van der Waals surface area contributed by atoms with Crippen LogP contribution < -0.4 is 10.1 Å². The second-order valence-corrected chi connectivity index (χ2v) is 7.55. The Hall–Kier alpha value is -2.83. The molecule has 7 heteroatoms. The van der Waals surface area contributed by atoms with Gasteiger partial charge in [0.15, 0.2) is 0 Å². The molecular formula is C21H18ClNO4S. The number of methoxy groups -OCH3 is 2. The topological polar surface area (TPSA) is 64.6 Å². The number of carbonyl (C=O) groups is 2. The summed E-state index contributed by atoms with van der Waals surface area (Å²) in [4.78, 5) is 26.2. The third kappa shape index (κ3) is 3.88. The van der Waals surface area contributed by atoms with Crippen molar-refractivity contribution >= 4 is 39.8 Å². The van der Waals surface area contributed by atoms with Crippen LogP contribution in [0.25, 0.3) is 11.1 Å². The molecule has 1 amide bonds. The summed E-state index contributed by atoms with van der Waals surface area (Å²) in [5.41, 5.74) is 2.14. The third-order valence-electron chi connectivity index (χ3n) is 4.17. The average Bonchev–Trinajstić information content (AvgIpc) is 3.02. The number of benzene rings is 2. The molecule has 0 fully saturated rings. The van der Waals surface area contributed by atoms with Crippen LogP contribution in [0.1, 0.15) is 25.6 Å². The molecule has 0 aliphatic rings. The van der Waals surface area contributed by atoms with Gasteiger partial charge in [-0.05, 0) is 36.8 Å². The summed E-state index contributed by atoms with van der Waals surface area (Å²) in [5, 5.41) is 3.79. The summed E-state index contributed by atoms with van der Waals surface area (Å²) in [5.74, 6) is -0.459. The highest BCUT2D eigenvalue weighted by atomic mass is 35.5. The minimum absolute atomic E-state index is 0.301. The largest absolute Gasteiger partial charge is 0.496 e. The van der Waals surface area contributed by atoms with Gasteiger partial charge in [0, 0.05) is 15.5 Å². The Morgan fingerprint density at radius 3 is 2.50 bits per heavy atom. The van der Waals surface area contributed by atoms with Crippen LogP contribution in [0.3, 0.4) is 0 Å². The van der Waals surface area contributed by atoms with E-state index in [9.17, 15) is 9.59 Å². The van der Waals surface area contributed by atoms with Crippen LogP contribution >= 0.6 is 22.9 Å². The van der Waals surface area contributed by atoms with E-state index < -0.39 is 5.97 Å². The first-order chi connectivity index (χ1) is 13.5. The molecule has 1 heterocycles. The van der Waals surface area contributed by atoms with Crippen molar-refractivity contribution in [3.8, 4) is 16.9 Å². The number of hydrogen-bond donors (Lipinski definition) is 1. The van der Waals surface area contributed by atoms with Crippen molar-refractivity contribution in [3.05, 3.63) is 69.6 Å². The third-order valence-corrected chi connectivity index (χ3v) is 5.42.